The summed E-state index contributed by atoms with van der Waals surface area (Å²) in [5, 5.41) is 2.79. The molecule has 0 aromatic heterocycles. The molecule has 0 saturated carbocycles. The fourth-order valence-corrected chi connectivity index (χ4v) is 1.42. The van der Waals surface area contributed by atoms with E-state index in [9.17, 15) is 0 Å². The van der Waals surface area contributed by atoms with E-state index in [2.05, 4.69) is 10.3 Å². The predicted octanol–water partition coefficient (Wildman–Crippen LogP) is 0.828. The van der Waals surface area contributed by atoms with Gasteiger partial charge >= 0.3 is 0 Å². The van der Waals surface area contributed by atoms with Gasteiger partial charge in [-0.1, -0.05) is 12.1 Å². The topological polar surface area (TPSA) is 42.8 Å². The van der Waals surface area contributed by atoms with Gasteiger partial charge < -0.3 is 14.8 Å². The lowest BCUT2D eigenvalue weighted by atomic mass is 10.2. The third-order valence-electron chi connectivity index (χ3n) is 2.11. The number of nitrogens with one attached hydrogen (secondary N) is 1. The zero-order valence-electron chi connectivity index (χ0n) is 13.8. The lowest BCUT2D eigenvalue weighted by Crippen LogP contribution is -2.42. The summed E-state index contributed by atoms with van der Waals surface area (Å²) in [6.45, 7) is -1.69. The summed E-state index contributed by atoms with van der Waals surface area (Å²) in [7, 11) is 0. The average molecular weight is 210 g/mol. The second-order valence-corrected chi connectivity index (χ2v) is 3.08. The quantitative estimate of drug-likeness (QED) is 0.746. The number of ether oxygens (including phenoxy) is 2. The summed E-state index contributed by atoms with van der Waals surface area (Å²) in [4.78, 5) is 3.85. The molecule has 1 aromatic carbocycles. The van der Waals surface area contributed by atoms with Crippen LogP contribution in [-0.4, -0.2) is 31.6 Å². The Morgan fingerprint density at radius 1 is 1.47 bits per heavy atom. The maximum atomic E-state index is 7.82. The smallest absolute Gasteiger partial charge is 0.189 e. The third-order valence-corrected chi connectivity index (χ3v) is 2.11. The van der Waals surface area contributed by atoms with Crippen LogP contribution in [0.3, 0.4) is 0 Å². The van der Waals surface area contributed by atoms with Gasteiger partial charge in [-0.2, -0.15) is 0 Å². The highest BCUT2D eigenvalue weighted by atomic mass is 16.6. The van der Waals surface area contributed by atoms with E-state index in [1.165, 1.54) is 0 Å². The normalized spacial score (nSPS) is 32.3. The molecule has 0 radical (unpaired) electrons. The van der Waals surface area contributed by atoms with E-state index in [1.807, 2.05) is 0 Å². The van der Waals surface area contributed by atoms with Crippen LogP contribution in [0.25, 0.3) is 0 Å². The SMILES string of the molecule is [2H]c1c([2H])c([2H])c2c(c1[2H])OCC(C1=NC([2H])([2H])CN1)O2. The van der Waals surface area contributed by atoms with Crippen LogP contribution in [0.15, 0.2) is 29.2 Å². The van der Waals surface area contributed by atoms with Gasteiger partial charge in [0.25, 0.3) is 0 Å². The lowest BCUT2D eigenvalue weighted by Gasteiger charge is -2.26. The van der Waals surface area contributed by atoms with Gasteiger partial charge in [0.15, 0.2) is 17.6 Å². The number of hydrogen-bond acceptors (Lipinski definition) is 4. The van der Waals surface area contributed by atoms with E-state index in [4.69, 9.17) is 17.7 Å². The number of fused-ring (bicyclic) bond motifs is 1. The van der Waals surface area contributed by atoms with Crippen molar-refractivity contribution in [3.8, 4) is 11.5 Å². The van der Waals surface area contributed by atoms with Gasteiger partial charge in [0.2, 0.25) is 0 Å². The van der Waals surface area contributed by atoms with E-state index in [-0.39, 0.29) is 48.6 Å². The van der Waals surface area contributed by atoms with E-state index < -0.39 is 18.6 Å². The summed E-state index contributed by atoms with van der Waals surface area (Å²) >= 11 is 0. The number of nitrogens with zero attached hydrogens (tertiary/aromatic N) is 1. The van der Waals surface area contributed by atoms with Crippen LogP contribution in [0.1, 0.15) is 8.22 Å². The second-order valence-electron chi connectivity index (χ2n) is 3.08. The first kappa shape index (κ1) is 4.43. The number of amidine groups is 1. The molecule has 2 aliphatic rings. The monoisotopic (exact) mass is 210 g/mol. The highest BCUT2D eigenvalue weighted by Gasteiger charge is 2.26. The Kier molecular flexibility index (Phi) is 1.02. The van der Waals surface area contributed by atoms with Crippen molar-refractivity contribution in [1.29, 1.82) is 0 Å². The van der Waals surface area contributed by atoms with Crippen LogP contribution in [-0.2, 0) is 0 Å². The third kappa shape index (κ3) is 1.52. The fraction of sp³-hybridized carbons (Fsp3) is 0.364. The van der Waals surface area contributed by atoms with Crippen LogP contribution in [0.2, 0.25) is 0 Å². The summed E-state index contributed by atoms with van der Waals surface area (Å²) < 4.78 is 56.8. The summed E-state index contributed by atoms with van der Waals surface area (Å²) in [6.07, 6.45) is -0.727. The average Bonchev–Trinajstić information content (AvgIpc) is 2.82. The predicted molar refractivity (Wildman–Crippen MR) is 56.7 cm³/mol. The summed E-state index contributed by atoms with van der Waals surface area (Å²) in [6, 6.07) is -1.40. The summed E-state index contributed by atoms with van der Waals surface area (Å²) in [5.74, 6) is 0.172. The molecule has 0 amide bonds. The van der Waals surface area contributed by atoms with Crippen molar-refractivity contribution in [1.82, 2.24) is 5.32 Å². The zero-order chi connectivity index (χ0) is 15.4. The second kappa shape index (κ2) is 3.46. The van der Waals surface area contributed by atoms with Crippen molar-refractivity contribution in [2.45, 2.75) is 6.10 Å². The van der Waals surface area contributed by atoms with Crippen LogP contribution in [0.5, 0.6) is 11.5 Å². The molecule has 15 heavy (non-hydrogen) atoms. The molecule has 1 unspecified atom stereocenters. The van der Waals surface area contributed by atoms with Crippen molar-refractivity contribution in [2.24, 2.45) is 4.99 Å². The van der Waals surface area contributed by atoms with E-state index in [0.29, 0.717) is 0 Å². The Hall–Kier alpha value is -1.71. The number of para-hydroxylation sites is 2. The van der Waals surface area contributed by atoms with Crippen LogP contribution >= 0.6 is 0 Å². The molecule has 0 bridgehead atoms. The first-order valence-electron chi connectivity index (χ1n) is 7.53. The van der Waals surface area contributed by atoms with Gasteiger partial charge in [0, 0.05) is 6.54 Å². The van der Waals surface area contributed by atoms with Crippen molar-refractivity contribution < 1.29 is 17.7 Å². The maximum absolute atomic E-state index is 7.82. The molecular weight excluding hydrogens is 192 g/mol. The van der Waals surface area contributed by atoms with E-state index in [0.717, 1.165) is 0 Å². The standard InChI is InChI=1S/C11H12N2O2/c1-2-4-9-8(3-1)14-7-10(15-9)11-12-5-6-13-11/h1-4,10H,5-7H2,(H,12,13)/i1D,2D,3D,4D,5D2. The van der Waals surface area contributed by atoms with Crippen molar-refractivity contribution in [3.63, 3.8) is 0 Å². The molecule has 1 atom stereocenters. The van der Waals surface area contributed by atoms with Gasteiger partial charge in [-0.05, 0) is 12.1 Å². The van der Waals surface area contributed by atoms with Crippen molar-refractivity contribution in [3.05, 3.63) is 24.2 Å². The lowest BCUT2D eigenvalue weighted by molar-refractivity contribution is 0.133. The van der Waals surface area contributed by atoms with Crippen molar-refractivity contribution >= 4 is 5.84 Å². The Balaban J connectivity index is 1.97. The zero-order valence-corrected chi connectivity index (χ0v) is 7.76. The van der Waals surface area contributed by atoms with Gasteiger partial charge in [-0.15, -0.1) is 0 Å². The number of hydrogen-bond donors (Lipinski definition) is 1. The fourth-order valence-electron chi connectivity index (χ4n) is 1.42. The molecule has 78 valence electrons. The molecule has 1 N–H and O–H groups in total. The highest BCUT2D eigenvalue weighted by molar-refractivity contribution is 5.88. The number of benzene rings is 1. The van der Waals surface area contributed by atoms with Crippen LogP contribution in [0.4, 0.5) is 0 Å². The molecule has 0 fully saturated rings. The van der Waals surface area contributed by atoms with Crippen LogP contribution in [0, 0.1) is 0 Å². The minimum atomic E-state index is -1.71. The van der Waals surface area contributed by atoms with Gasteiger partial charge in [0.1, 0.15) is 12.4 Å². The molecule has 0 saturated heterocycles. The molecule has 0 spiro atoms. The Labute approximate surface area is 96.3 Å². The van der Waals surface area contributed by atoms with E-state index in [1.54, 1.807) is 0 Å². The summed E-state index contributed by atoms with van der Waals surface area (Å²) in [5.41, 5.74) is 0. The van der Waals surface area contributed by atoms with Gasteiger partial charge in [0.05, 0.1) is 14.7 Å². The Bertz CT molecular complexity index is 648. The minimum absolute atomic E-state index is 0.00296. The maximum Gasteiger partial charge on any atom is 0.189 e. The molecule has 2 heterocycles. The Morgan fingerprint density at radius 2 is 2.33 bits per heavy atom. The molecule has 0 aliphatic carbocycles. The molecule has 4 heteroatoms. The van der Waals surface area contributed by atoms with E-state index >= 15 is 0 Å². The van der Waals surface area contributed by atoms with Crippen molar-refractivity contribution in [2.75, 3.05) is 19.6 Å². The molecular formula is C11H12N2O2. The van der Waals surface area contributed by atoms with Crippen LogP contribution < -0.4 is 14.8 Å². The molecule has 4 nitrogen and oxygen atoms in total. The van der Waals surface area contributed by atoms with Gasteiger partial charge in [-0.25, -0.2) is 0 Å². The van der Waals surface area contributed by atoms with Gasteiger partial charge in [-0.3, -0.25) is 4.99 Å². The highest BCUT2D eigenvalue weighted by Crippen LogP contribution is 2.31. The minimum Gasteiger partial charge on any atom is -0.485 e. The first-order valence-corrected chi connectivity index (χ1v) is 4.53. The number of aliphatic imine (C=N–C) groups is 1. The molecule has 3 rings (SSSR count). The Morgan fingerprint density at radius 3 is 3.13 bits per heavy atom. The first-order chi connectivity index (χ1) is 9.80. The molecule has 1 aromatic rings. The number of rotatable bonds is 1. The largest absolute Gasteiger partial charge is 0.485 e. The molecule has 2 aliphatic heterocycles.